The molecule has 0 aromatic carbocycles. The molecule has 0 bridgehead atoms. The fourth-order valence-corrected chi connectivity index (χ4v) is 2.23. The Morgan fingerprint density at radius 1 is 1.21 bits per heavy atom. The smallest absolute Gasteiger partial charge is 0.407 e. The number of alkyl carbamates (subject to hydrolysis) is 1. The summed E-state index contributed by atoms with van der Waals surface area (Å²) in [6, 6.07) is -0.0404. The minimum absolute atomic E-state index is 0. The van der Waals surface area contributed by atoms with E-state index in [4.69, 9.17) is 4.74 Å². The first-order valence-electron chi connectivity index (χ1n) is 9.67. The normalized spacial score (nSPS) is 12.5. The number of guanidine groups is 1. The predicted octanol–water partition coefficient (Wildman–Crippen LogP) is 2.70. The van der Waals surface area contributed by atoms with Crippen molar-refractivity contribution in [2.24, 2.45) is 10.9 Å². The molecule has 8 nitrogen and oxygen atoms in total. The lowest BCUT2D eigenvalue weighted by Crippen LogP contribution is -2.45. The van der Waals surface area contributed by atoms with Gasteiger partial charge in [0.25, 0.3) is 0 Å². The molecule has 1 unspecified atom stereocenters. The minimum atomic E-state index is -0.532. The summed E-state index contributed by atoms with van der Waals surface area (Å²) < 4.78 is 5.36. The number of ether oxygens (including phenoxy) is 1. The Hall–Kier alpha value is -1.52. The number of carbonyl (C=O) groups is 2. The molecule has 0 aromatic rings. The first kappa shape index (κ1) is 29.7. The van der Waals surface area contributed by atoms with Crippen LogP contribution in [-0.4, -0.2) is 80.2 Å². The molecule has 0 saturated heterocycles. The van der Waals surface area contributed by atoms with E-state index in [1.807, 2.05) is 32.7 Å². The SMILES string of the molecule is C=CCNC(=NCC(=O)N(C)C)N(C)CCC(NC(=O)OC(C)(C)C)C(C)C.I. The number of nitrogens with one attached hydrogen (secondary N) is 2. The highest BCUT2D eigenvalue weighted by Gasteiger charge is 2.22. The number of halogens is 1. The summed E-state index contributed by atoms with van der Waals surface area (Å²) >= 11 is 0. The number of rotatable bonds is 9. The molecule has 0 aliphatic heterocycles. The van der Waals surface area contributed by atoms with Crippen LogP contribution in [0.1, 0.15) is 41.0 Å². The largest absolute Gasteiger partial charge is 0.444 e. The summed E-state index contributed by atoms with van der Waals surface area (Å²) in [5.74, 6) is 0.797. The average molecular weight is 525 g/mol. The molecule has 2 amide bonds. The molecule has 0 fully saturated rings. The summed E-state index contributed by atoms with van der Waals surface area (Å²) in [5, 5.41) is 6.11. The molecular formula is C20H40IN5O3. The Balaban J connectivity index is 0. The summed E-state index contributed by atoms with van der Waals surface area (Å²) in [7, 11) is 5.31. The fourth-order valence-electron chi connectivity index (χ4n) is 2.23. The summed E-state index contributed by atoms with van der Waals surface area (Å²) in [4.78, 5) is 31.8. The first-order chi connectivity index (χ1) is 12.9. The number of amides is 2. The van der Waals surface area contributed by atoms with Gasteiger partial charge < -0.3 is 25.2 Å². The van der Waals surface area contributed by atoms with E-state index in [2.05, 4.69) is 36.1 Å². The maximum atomic E-state index is 12.1. The quantitative estimate of drug-likeness (QED) is 0.209. The summed E-state index contributed by atoms with van der Waals surface area (Å²) in [5.41, 5.74) is -0.532. The van der Waals surface area contributed by atoms with Crippen molar-refractivity contribution in [3.05, 3.63) is 12.7 Å². The van der Waals surface area contributed by atoms with Crippen molar-refractivity contribution in [1.82, 2.24) is 20.4 Å². The predicted molar refractivity (Wildman–Crippen MR) is 130 cm³/mol. The third-order valence-electron chi connectivity index (χ3n) is 3.91. The van der Waals surface area contributed by atoms with E-state index < -0.39 is 11.7 Å². The van der Waals surface area contributed by atoms with Gasteiger partial charge in [0.05, 0.1) is 0 Å². The van der Waals surface area contributed by atoms with Gasteiger partial charge in [0.15, 0.2) is 5.96 Å². The molecular weight excluding hydrogens is 485 g/mol. The fraction of sp³-hybridized carbons (Fsp3) is 0.750. The standard InChI is InChI=1S/C20H39N5O3.HI/c1-10-12-21-18(22-14-17(26)24(7)8)25(9)13-11-16(15(2)3)23-19(27)28-20(4,5)6;/h10,15-16H,1,11-14H2,2-9H3,(H,21,22)(H,23,27);1H. The van der Waals surface area contributed by atoms with Crippen molar-refractivity contribution < 1.29 is 14.3 Å². The average Bonchev–Trinajstić information content (AvgIpc) is 2.56. The lowest BCUT2D eigenvalue weighted by atomic mass is 10.0. The number of aliphatic imine (C=N–C) groups is 1. The number of hydrogen-bond donors (Lipinski definition) is 2. The highest BCUT2D eigenvalue weighted by atomic mass is 127. The van der Waals surface area contributed by atoms with Crippen molar-refractivity contribution in [2.45, 2.75) is 52.7 Å². The topological polar surface area (TPSA) is 86.3 Å². The second-order valence-electron chi connectivity index (χ2n) is 8.30. The zero-order chi connectivity index (χ0) is 21.9. The van der Waals surface area contributed by atoms with Gasteiger partial charge in [0.1, 0.15) is 12.1 Å². The zero-order valence-electron chi connectivity index (χ0n) is 19.2. The van der Waals surface area contributed by atoms with Crippen LogP contribution in [0.5, 0.6) is 0 Å². The summed E-state index contributed by atoms with van der Waals surface area (Å²) in [6.45, 7) is 14.6. The monoisotopic (exact) mass is 525 g/mol. The third kappa shape index (κ3) is 14.2. The first-order valence-corrected chi connectivity index (χ1v) is 9.67. The van der Waals surface area contributed by atoms with Crippen molar-refractivity contribution in [3.8, 4) is 0 Å². The van der Waals surface area contributed by atoms with Crippen molar-refractivity contribution in [2.75, 3.05) is 40.8 Å². The van der Waals surface area contributed by atoms with E-state index in [9.17, 15) is 9.59 Å². The van der Waals surface area contributed by atoms with Gasteiger partial charge >= 0.3 is 6.09 Å². The van der Waals surface area contributed by atoms with E-state index in [1.165, 1.54) is 4.90 Å². The molecule has 170 valence electrons. The minimum Gasteiger partial charge on any atom is -0.444 e. The number of carbonyl (C=O) groups excluding carboxylic acids is 2. The number of nitrogens with zero attached hydrogens (tertiary/aromatic N) is 3. The van der Waals surface area contributed by atoms with E-state index >= 15 is 0 Å². The maximum absolute atomic E-state index is 12.1. The Bertz CT molecular complexity index is 545. The van der Waals surface area contributed by atoms with Gasteiger partial charge in [0, 0.05) is 40.3 Å². The van der Waals surface area contributed by atoms with E-state index in [-0.39, 0.29) is 48.4 Å². The molecule has 0 heterocycles. The van der Waals surface area contributed by atoms with E-state index in [1.54, 1.807) is 20.2 Å². The van der Waals surface area contributed by atoms with E-state index in [0.717, 1.165) is 0 Å². The summed E-state index contributed by atoms with van der Waals surface area (Å²) in [6.07, 6.45) is 2.03. The van der Waals surface area contributed by atoms with Gasteiger partial charge in [-0.3, -0.25) is 4.79 Å². The molecule has 0 saturated carbocycles. The van der Waals surface area contributed by atoms with Gasteiger partial charge in [-0.2, -0.15) is 0 Å². The molecule has 0 aliphatic rings. The third-order valence-corrected chi connectivity index (χ3v) is 3.91. The van der Waals surface area contributed by atoms with Gasteiger partial charge in [-0.05, 0) is 33.1 Å². The van der Waals surface area contributed by atoms with Crippen LogP contribution < -0.4 is 10.6 Å². The number of likely N-dealkylation sites (N-methyl/N-ethyl adjacent to an activating group) is 1. The second kappa shape index (κ2) is 14.5. The number of hydrogen-bond acceptors (Lipinski definition) is 4. The molecule has 0 spiro atoms. The van der Waals surface area contributed by atoms with Crippen LogP contribution in [0, 0.1) is 5.92 Å². The van der Waals surface area contributed by atoms with Crippen LogP contribution in [0.2, 0.25) is 0 Å². The molecule has 1 atom stereocenters. The molecule has 2 N–H and O–H groups in total. The Kier molecular flexibility index (Phi) is 14.8. The Morgan fingerprint density at radius 3 is 2.24 bits per heavy atom. The lowest BCUT2D eigenvalue weighted by Gasteiger charge is -2.28. The van der Waals surface area contributed by atoms with Crippen molar-refractivity contribution in [1.29, 1.82) is 0 Å². The molecule has 29 heavy (non-hydrogen) atoms. The highest BCUT2D eigenvalue weighted by molar-refractivity contribution is 14.0. The van der Waals surface area contributed by atoms with Crippen LogP contribution >= 0.6 is 24.0 Å². The molecule has 0 aromatic heterocycles. The van der Waals surface area contributed by atoms with E-state index in [0.29, 0.717) is 25.5 Å². The lowest BCUT2D eigenvalue weighted by molar-refractivity contribution is -0.127. The second-order valence-corrected chi connectivity index (χ2v) is 8.30. The van der Waals surface area contributed by atoms with Gasteiger partial charge in [0.2, 0.25) is 5.91 Å². The molecule has 0 radical (unpaired) electrons. The zero-order valence-corrected chi connectivity index (χ0v) is 21.6. The van der Waals surface area contributed by atoms with Gasteiger partial charge in [-0.25, -0.2) is 9.79 Å². The Morgan fingerprint density at radius 2 is 1.79 bits per heavy atom. The van der Waals surface area contributed by atoms with Crippen LogP contribution in [0.25, 0.3) is 0 Å². The van der Waals surface area contributed by atoms with Crippen LogP contribution in [-0.2, 0) is 9.53 Å². The van der Waals surface area contributed by atoms with Crippen LogP contribution in [0.15, 0.2) is 17.6 Å². The van der Waals surface area contributed by atoms with Crippen molar-refractivity contribution in [3.63, 3.8) is 0 Å². The van der Waals surface area contributed by atoms with Gasteiger partial charge in [-0.15, -0.1) is 30.6 Å². The molecule has 9 heteroatoms. The maximum Gasteiger partial charge on any atom is 0.407 e. The Labute approximate surface area is 193 Å². The van der Waals surface area contributed by atoms with Crippen molar-refractivity contribution >= 4 is 41.9 Å². The van der Waals surface area contributed by atoms with Crippen LogP contribution in [0.4, 0.5) is 4.79 Å². The highest BCUT2D eigenvalue weighted by Crippen LogP contribution is 2.11. The molecule has 0 rings (SSSR count). The van der Waals surface area contributed by atoms with Crippen LogP contribution in [0.3, 0.4) is 0 Å². The van der Waals surface area contributed by atoms with Gasteiger partial charge in [-0.1, -0.05) is 19.9 Å². The molecule has 0 aliphatic carbocycles.